The molecule has 0 saturated heterocycles. The van der Waals surface area contributed by atoms with E-state index in [1.165, 1.54) is 0 Å². The molecule has 2 N–H and O–H groups in total. The number of hydrogen-bond acceptors (Lipinski definition) is 4. The van der Waals surface area contributed by atoms with E-state index in [0.717, 1.165) is 44.6 Å². The number of carbonyl (C=O) groups is 1. The van der Waals surface area contributed by atoms with Crippen LogP contribution in [0.15, 0.2) is 6.33 Å². The minimum Gasteiger partial charge on any atom is -0.353 e. The van der Waals surface area contributed by atoms with E-state index in [-0.39, 0.29) is 5.91 Å². The van der Waals surface area contributed by atoms with Crippen molar-refractivity contribution in [1.82, 2.24) is 25.4 Å². The third-order valence-electron chi connectivity index (χ3n) is 3.11. The fourth-order valence-corrected chi connectivity index (χ4v) is 1.93. The maximum Gasteiger partial charge on any atom is 0.220 e. The quantitative estimate of drug-likeness (QED) is 0.649. The van der Waals surface area contributed by atoms with Gasteiger partial charge in [0, 0.05) is 19.0 Å². The lowest BCUT2D eigenvalue weighted by Crippen LogP contribution is -2.26. The van der Waals surface area contributed by atoms with Crippen LogP contribution in [-0.4, -0.2) is 33.3 Å². The molecule has 1 aromatic rings. The van der Waals surface area contributed by atoms with Gasteiger partial charge in [-0.1, -0.05) is 6.92 Å². The maximum atomic E-state index is 11.5. The first-order valence-corrected chi connectivity index (χ1v) is 7.16. The third kappa shape index (κ3) is 4.98. The summed E-state index contributed by atoms with van der Waals surface area (Å²) in [6.07, 6.45) is 6.41. The fourth-order valence-electron chi connectivity index (χ4n) is 1.93. The number of aromatic nitrogens is 3. The van der Waals surface area contributed by atoms with Crippen LogP contribution in [0.4, 0.5) is 0 Å². The highest BCUT2D eigenvalue weighted by molar-refractivity contribution is 5.76. The van der Waals surface area contributed by atoms with Gasteiger partial charge in [0.1, 0.15) is 12.2 Å². The lowest BCUT2D eigenvalue weighted by molar-refractivity contribution is -0.121. The Balaban J connectivity index is 1.55. The summed E-state index contributed by atoms with van der Waals surface area (Å²) in [5.41, 5.74) is 0. The first kappa shape index (κ1) is 14.0. The Morgan fingerprint density at radius 1 is 1.53 bits per heavy atom. The molecule has 1 amide bonds. The van der Waals surface area contributed by atoms with Crippen molar-refractivity contribution < 1.29 is 4.79 Å². The van der Waals surface area contributed by atoms with Gasteiger partial charge in [0.2, 0.25) is 5.91 Å². The zero-order chi connectivity index (χ0) is 13.5. The van der Waals surface area contributed by atoms with Crippen molar-refractivity contribution in [3.8, 4) is 0 Å². The van der Waals surface area contributed by atoms with Crippen molar-refractivity contribution in [3.63, 3.8) is 0 Å². The number of carbonyl (C=O) groups excluding carboxylic acids is 1. The van der Waals surface area contributed by atoms with Gasteiger partial charge < -0.3 is 10.6 Å². The Morgan fingerprint density at radius 3 is 3.11 bits per heavy atom. The van der Waals surface area contributed by atoms with Gasteiger partial charge in [-0.3, -0.25) is 4.79 Å². The van der Waals surface area contributed by atoms with Crippen LogP contribution in [0.1, 0.15) is 44.9 Å². The predicted octanol–water partition coefficient (Wildman–Crippen LogP) is 0.837. The number of hydrogen-bond donors (Lipinski definition) is 2. The van der Waals surface area contributed by atoms with Crippen LogP contribution in [0.25, 0.3) is 0 Å². The summed E-state index contributed by atoms with van der Waals surface area (Å²) in [5.74, 6) is 1.14. The molecule has 0 radical (unpaired) electrons. The zero-order valence-corrected chi connectivity index (χ0v) is 11.6. The Hall–Kier alpha value is -1.43. The molecule has 1 aliphatic carbocycles. The average molecular weight is 265 g/mol. The molecule has 1 aromatic heterocycles. The lowest BCUT2D eigenvalue weighted by Gasteiger charge is -2.06. The van der Waals surface area contributed by atoms with Crippen LogP contribution in [0.3, 0.4) is 0 Å². The van der Waals surface area contributed by atoms with Gasteiger partial charge in [-0.05, 0) is 32.2 Å². The van der Waals surface area contributed by atoms with Crippen LogP contribution in [0.2, 0.25) is 0 Å². The average Bonchev–Trinajstić information content (AvgIpc) is 3.09. The second-order valence-corrected chi connectivity index (χ2v) is 5.02. The molecule has 1 saturated carbocycles. The first-order chi connectivity index (χ1) is 9.29. The normalized spacial score (nSPS) is 14.6. The number of nitrogens with one attached hydrogen (secondary N) is 2. The van der Waals surface area contributed by atoms with E-state index in [1.807, 2.05) is 4.68 Å². The smallest absolute Gasteiger partial charge is 0.220 e. The lowest BCUT2D eigenvalue weighted by atomic mass is 10.3. The van der Waals surface area contributed by atoms with Crippen LogP contribution >= 0.6 is 0 Å². The molecular weight excluding hydrogens is 242 g/mol. The molecular formula is C13H23N5O. The van der Waals surface area contributed by atoms with Gasteiger partial charge in [0.25, 0.3) is 0 Å². The monoisotopic (exact) mass is 265 g/mol. The molecule has 1 aliphatic rings. The van der Waals surface area contributed by atoms with E-state index in [0.29, 0.717) is 19.0 Å². The van der Waals surface area contributed by atoms with E-state index in [9.17, 15) is 4.79 Å². The largest absolute Gasteiger partial charge is 0.353 e. The van der Waals surface area contributed by atoms with Crippen LogP contribution < -0.4 is 10.6 Å². The predicted molar refractivity (Wildman–Crippen MR) is 72.4 cm³/mol. The molecule has 1 heterocycles. The fraction of sp³-hybridized carbons (Fsp3) is 0.769. The van der Waals surface area contributed by atoms with Gasteiger partial charge in [-0.15, -0.1) is 0 Å². The molecule has 0 aliphatic heterocycles. The molecule has 0 spiro atoms. The first-order valence-electron chi connectivity index (χ1n) is 7.16. The highest BCUT2D eigenvalue weighted by Gasteiger charge is 2.22. The Bertz CT molecular complexity index is 399. The van der Waals surface area contributed by atoms with Crippen LogP contribution in [0.5, 0.6) is 0 Å². The van der Waals surface area contributed by atoms with Crippen molar-refractivity contribution in [1.29, 1.82) is 0 Å². The summed E-state index contributed by atoms with van der Waals surface area (Å²) >= 11 is 0. The van der Waals surface area contributed by atoms with E-state index in [2.05, 4.69) is 27.6 Å². The Morgan fingerprint density at radius 2 is 2.37 bits per heavy atom. The summed E-state index contributed by atoms with van der Waals surface area (Å²) in [5, 5.41) is 10.5. The summed E-state index contributed by atoms with van der Waals surface area (Å²) in [6, 6.07) is 0.466. The van der Waals surface area contributed by atoms with Crippen LogP contribution in [-0.2, 0) is 17.9 Å². The van der Waals surface area contributed by atoms with Gasteiger partial charge >= 0.3 is 0 Å². The summed E-state index contributed by atoms with van der Waals surface area (Å²) < 4.78 is 1.92. The zero-order valence-electron chi connectivity index (χ0n) is 11.6. The van der Waals surface area contributed by atoms with E-state index >= 15 is 0 Å². The second kappa shape index (κ2) is 7.23. The molecule has 0 atom stereocenters. The number of nitrogens with zero attached hydrogens (tertiary/aromatic N) is 3. The highest BCUT2D eigenvalue weighted by Crippen LogP contribution is 2.18. The number of amides is 1. The summed E-state index contributed by atoms with van der Waals surface area (Å²) in [7, 11) is 0. The third-order valence-corrected chi connectivity index (χ3v) is 3.11. The summed E-state index contributed by atoms with van der Waals surface area (Å²) in [6.45, 7) is 4.57. The van der Waals surface area contributed by atoms with Crippen molar-refractivity contribution in [2.75, 3.05) is 6.54 Å². The Labute approximate surface area is 114 Å². The highest BCUT2D eigenvalue weighted by atomic mass is 16.1. The van der Waals surface area contributed by atoms with E-state index in [1.54, 1.807) is 6.33 Å². The maximum absolute atomic E-state index is 11.5. The minimum atomic E-state index is 0.179. The van der Waals surface area contributed by atoms with Crippen molar-refractivity contribution >= 4 is 5.91 Å². The number of aryl methyl sites for hydroxylation is 1. The topological polar surface area (TPSA) is 71.8 Å². The molecule has 19 heavy (non-hydrogen) atoms. The van der Waals surface area contributed by atoms with Crippen molar-refractivity contribution in [3.05, 3.63) is 12.2 Å². The van der Waals surface area contributed by atoms with Gasteiger partial charge in [0.15, 0.2) is 0 Å². The molecule has 6 heteroatoms. The molecule has 0 aromatic carbocycles. The van der Waals surface area contributed by atoms with Gasteiger partial charge in [0.05, 0.1) is 6.54 Å². The molecule has 1 fully saturated rings. The summed E-state index contributed by atoms with van der Waals surface area (Å²) in [4.78, 5) is 15.7. The molecule has 2 rings (SSSR count). The van der Waals surface area contributed by atoms with E-state index in [4.69, 9.17) is 0 Å². The SMILES string of the molecule is CCCn1ncnc1CNCCCC(=O)NC1CC1. The standard InChI is InChI=1S/C13H23N5O/c1-2-8-18-12(15-10-16-18)9-14-7-3-4-13(19)17-11-5-6-11/h10-11,14H,2-9H2,1H3,(H,17,19). The van der Waals surface area contributed by atoms with Gasteiger partial charge in [-0.2, -0.15) is 5.10 Å². The molecule has 0 unspecified atom stereocenters. The van der Waals surface area contributed by atoms with E-state index < -0.39 is 0 Å². The molecule has 0 bridgehead atoms. The number of rotatable bonds is 9. The molecule has 6 nitrogen and oxygen atoms in total. The van der Waals surface area contributed by atoms with Crippen molar-refractivity contribution in [2.45, 2.75) is 58.2 Å². The minimum absolute atomic E-state index is 0.179. The van der Waals surface area contributed by atoms with Gasteiger partial charge in [-0.25, -0.2) is 9.67 Å². The van der Waals surface area contributed by atoms with Crippen molar-refractivity contribution in [2.24, 2.45) is 0 Å². The second-order valence-electron chi connectivity index (χ2n) is 5.02. The molecule has 106 valence electrons. The Kier molecular flexibility index (Phi) is 5.32. The van der Waals surface area contributed by atoms with Crippen LogP contribution in [0, 0.1) is 0 Å².